The molecule has 1 rings (SSSR count). The molecule has 1 atom stereocenters. The van der Waals surface area contributed by atoms with E-state index in [2.05, 4.69) is 5.32 Å². The molecule has 0 spiro atoms. The first-order valence-electron chi connectivity index (χ1n) is 5.17. The lowest BCUT2D eigenvalue weighted by molar-refractivity contribution is -0.120. The molecule has 1 aromatic carbocycles. The van der Waals surface area contributed by atoms with Gasteiger partial charge in [-0.1, -0.05) is 25.1 Å². The largest absolute Gasteiger partial charge is 0.325 e. The van der Waals surface area contributed by atoms with E-state index in [9.17, 15) is 4.79 Å². The first-order valence-corrected chi connectivity index (χ1v) is 5.17. The van der Waals surface area contributed by atoms with Crippen molar-refractivity contribution < 1.29 is 4.79 Å². The summed E-state index contributed by atoms with van der Waals surface area (Å²) in [6, 6.07) is 9.46. The molecule has 82 valence electrons. The Morgan fingerprint density at radius 2 is 1.93 bits per heavy atom. The topological polar surface area (TPSA) is 32.3 Å². The van der Waals surface area contributed by atoms with Gasteiger partial charge in [-0.2, -0.15) is 0 Å². The van der Waals surface area contributed by atoms with E-state index in [-0.39, 0.29) is 11.9 Å². The second-order valence-electron chi connectivity index (χ2n) is 3.74. The Balaban J connectivity index is 2.62. The van der Waals surface area contributed by atoms with Gasteiger partial charge in [0.2, 0.25) is 5.91 Å². The first kappa shape index (κ1) is 11.7. The first-order chi connectivity index (χ1) is 7.15. The van der Waals surface area contributed by atoms with Crippen molar-refractivity contribution in [2.24, 2.45) is 0 Å². The molecule has 0 aliphatic carbocycles. The number of anilines is 1. The number of nitrogens with one attached hydrogen (secondary N) is 1. The van der Waals surface area contributed by atoms with Gasteiger partial charge >= 0.3 is 0 Å². The predicted octanol–water partition coefficient (Wildman–Crippen LogP) is 1.97. The van der Waals surface area contributed by atoms with Crippen molar-refractivity contribution >= 4 is 11.6 Å². The van der Waals surface area contributed by atoms with E-state index in [1.165, 1.54) is 0 Å². The van der Waals surface area contributed by atoms with Gasteiger partial charge in [-0.15, -0.1) is 0 Å². The predicted molar refractivity (Wildman–Crippen MR) is 62.8 cm³/mol. The number of carbonyl (C=O) groups excluding carboxylic acids is 1. The number of carbonyl (C=O) groups is 1. The molecule has 0 aliphatic heterocycles. The van der Waals surface area contributed by atoms with Gasteiger partial charge in [-0.25, -0.2) is 0 Å². The molecule has 0 heterocycles. The monoisotopic (exact) mass is 206 g/mol. The Hall–Kier alpha value is -1.35. The Morgan fingerprint density at radius 1 is 1.33 bits per heavy atom. The summed E-state index contributed by atoms with van der Waals surface area (Å²) in [5.41, 5.74) is 0.850. The zero-order chi connectivity index (χ0) is 11.3. The average molecular weight is 206 g/mol. The fourth-order valence-electron chi connectivity index (χ4n) is 1.53. The zero-order valence-electron chi connectivity index (χ0n) is 9.53. The quantitative estimate of drug-likeness (QED) is 0.816. The Labute approximate surface area is 91.1 Å². The van der Waals surface area contributed by atoms with E-state index in [4.69, 9.17) is 0 Å². The van der Waals surface area contributed by atoms with Crippen LogP contribution >= 0.6 is 0 Å². The van der Waals surface area contributed by atoms with Crippen LogP contribution in [0.4, 0.5) is 5.69 Å². The number of para-hydroxylation sites is 1. The Bertz CT molecular complexity index is 309. The lowest BCUT2D eigenvalue weighted by Gasteiger charge is -2.21. The van der Waals surface area contributed by atoms with Gasteiger partial charge in [0.1, 0.15) is 0 Å². The van der Waals surface area contributed by atoms with E-state index in [1.54, 1.807) is 0 Å². The maximum absolute atomic E-state index is 11.8. The highest BCUT2D eigenvalue weighted by atomic mass is 16.2. The van der Waals surface area contributed by atoms with E-state index >= 15 is 0 Å². The van der Waals surface area contributed by atoms with Gasteiger partial charge in [0.05, 0.1) is 6.04 Å². The van der Waals surface area contributed by atoms with Crippen molar-refractivity contribution in [3.05, 3.63) is 30.3 Å². The van der Waals surface area contributed by atoms with Crippen LogP contribution < -0.4 is 5.32 Å². The summed E-state index contributed by atoms with van der Waals surface area (Å²) in [7, 11) is 3.83. The zero-order valence-corrected chi connectivity index (χ0v) is 9.53. The summed E-state index contributed by atoms with van der Waals surface area (Å²) in [5.74, 6) is 0.0497. The Kier molecular flexibility index (Phi) is 4.31. The molecule has 1 aromatic rings. The van der Waals surface area contributed by atoms with Crippen molar-refractivity contribution in [1.82, 2.24) is 4.90 Å². The van der Waals surface area contributed by atoms with Crippen molar-refractivity contribution in [3.63, 3.8) is 0 Å². The van der Waals surface area contributed by atoms with Crippen LogP contribution in [0.1, 0.15) is 13.3 Å². The molecule has 0 fully saturated rings. The second kappa shape index (κ2) is 5.51. The highest BCUT2D eigenvalue weighted by Gasteiger charge is 2.17. The van der Waals surface area contributed by atoms with Crippen LogP contribution in [-0.2, 0) is 4.79 Å². The van der Waals surface area contributed by atoms with Gasteiger partial charge in [0, 0.05) is 5.69 Å². The highest BCUT2D eigenvalue weighted by molar-refractivity contribution is 5.94. The fourth-order valence-corrected chi connectivity index (χ4v) is 1.53. The molecule has 0 saturated carbocycles. The molecular weight excluding hydrogens is 188 g/mol. The molecule has 0 bridgehead atoms. The van der Waals surface area contributed by atoms with Crippen LogP contribution in [0, 0.1) is 0 Å². The molecule has 1 N–H and O–H groups in total. The minimum Gasteiger partial charge on any atom is -0.325 e. The number of hydrogen-bond acceptors (Lipinski definition) is 2. The van der Waals surface area contributed by atoms with Crippen LogP contribution in [0.3, 0.4) is 0 Å². The maximum atomic E-state index is 11.8. The minimum absolute atomic E-state index is 0.0497. The number of nitrogens with zero attached hydrogens (tertiary/aromatic N) is 1. The standard InChI is InChI=1S/C12H18N2O/c1-4-11(14(2)3)12(15)13-10-8-6-5-7-9-10/h5-9,11H,4H2,1-3H3,(H,13,15). The summed E-state index contributed by atoms with van der Waals surface area (Å²) in [6.45, 7) is 2.01. The number of hydrogen-bond donors (Lipinski definition) is 1. The highest BCUT2D eigenvalue weighted by Crippen LogP contribution is 2.08. The maximum Gasteiger partial charge on any atom is 0.241 e. The summed E-state index contributed by atoms with van der Waals surface area (Å²) < 4.78 is 0. The van der Waals surface area contributed by atoms with E-state index in [0.717, 1.165) is 12.1 Å². The fraction of sp³-hybridized carbons (Fsp3) is 0.417. The molecule has 0 radical (unpaired) electrons. The van der Waals surface area contributed by atoms with Gasteiger partial charge in [0.25, 0.3) is 0 Å². The van der Waals surface area contributed by atoms with Crippen molar-refractivity contribution in [3.8, 4) is 0 Å². The van der Waals surface area contributed by atoms with E-state index in [0.29, 0.717) is 0 Å². The van der Waals surface area contributed by atoms with Crippen molar-refractivity contribution in [1.29, 1.82) is 0 Å². The normalized spacial score (nSPS) is 12.5. The van der Waals surface area contributed by atoms with E-state index in [1.807, 2.05) is 56.3 Å². The van der Waals surface area contributed by atoms with Crippen LogP contribution in [-0.4, -0.2) is 30.9 Å². The number of benzene rings is 1. The molecule has 1 unspecified atom stereocenters. The lowest BCUT2D eigenvalue weighted by Crippen LogP contribution is -2.39. The third-order valence-corrected chi connectivity index (χ3v) is 2.35. The smallest absolute Gasteiger partial charge is 0.241 e. The Morgan fingerprint density at radius 3 is 2.40 bits per heavy atom. The molecular formula is C12H18N2O. The molecule has 0 aliphatic rings. The van der Waals surface area contributed by atoms with E-state index < -0.39 is 0 Å². The van der Waals surface area contributed by atoms with Crippen LogP contribution in [0.5, 0.6) is 0 Å². The lowest BCUT2D eigenvalue weighted by atomic mass is 10.2. The number of amides is 1. The summed E-state index contributed by atoms with van der Waals surface area (Å²) in [5, 5.41) is 2.89. The third-order valence-electron chi connectivity index (χ3n) is 2.35. The second-order valence-corrected chi connectivity index (χ2v) is 3.74. The number of likely N-dealkylation sites (N-methyl/N-ethyl adjacent to an activating group) is 1. The van der Waals surface area contributed by atoms with Crippen molar-refractivity contribution in [2.45, 2.75) is 19.4 Å². The van der Waals surface area contributed by atoms with Crippen LogP contribution in [0.15, 0.2) is 30.3 Å². The van der Waals surface area contributed by atoms with Gasteiger partial charge in [0.15, 0.2) is 0 Å². The molecule has 3 nitrogen and oxygen atoms in total. The molecule has 15 heavy (non-hydrogen) atoms. The number of rotatable bonds is 4. The molecule has 0 saturated heterocycles. The van der Waals surface area contributed by atoms with Crippen LogP contribution in [0.25, 0.3) is 0 Å². The minimum atomic E-state index is -0.0646. The molecule has 3 heteroatoms. The average Bonchev–Trinajstić information content (AvgIpc) is 2.19. The summed E-state index contributed by atoms with van der Waals surface area (Å²) in [4.78, 5) is 13.8. The van der Waals surface area contributed by atoms with Gasteiger partial charge < -0.3 is 5.32 Å². The van der Waals surface area contributed by atoms with Crippen molar-refractivity contribution in [2.75, 3.05) is 19.4 Å². The molecule has 0 aromatic heterocycles. The van der Waals surface area contributed by atoms with Gasteiger partial charge in [-0.05, 0) is 32.6 Å². The summed E-state index contributed by atoms with van der Waals surface area (Å²) >= 11 is 0. The third kappa shape index (κ3) is 3.36. The van der Waals surface area contributed by atoms with Crippen LogP contribution in [0.2, 0.25) is 0 Å². The summed E-state index contributed by atoms with van der Waals surface area (Å²) in [6.07, 6.45) is 0.811. The molecule has 1 amide bonds. The van der Waals surface area contributed by atoms with Gasteiger partial charge in [-0.3, -0.25) is 9.69 Å². The SMILES string of the molecule is CCC(C(=O)Nc1ccccc1)N(C)C.